The second-order valence-corrected chi connectivity index (χ2v) is 10.4. The smallest absolute Gasteiger partial charge is 0.223 e. The van der Waals surface area contributed by atoms with Crippen molar-refractivity contribution in [1.29, 1.82) is 0 Å². The second kappa shape index (κ2) is 8.27. The molecule has 1 aliphatic heterocycles. The minimum Gasteiger partial charge on any atom is -0.496 e. The molecule has 0 saturated carbocycles. The highest BCUT2D eigenvalue weighted by Gasteiger charge is 2.26. The number of anilines is 1. The van der Waals surface area contributed by atoms with E-state index >= 15 is 0 Å². The summed E-state index contributed by atoms with van der Waals surface area (Å²) in [5, 5.41) is 10.6. The number of nitrogen functional groups attached to an aromatic ring is 1. The van der Waals surface area contributed by atoms with Crippen molar-refractivity contribution in [2.24, 2.45) is 5.41 Å². The van der Waals surface area contributed by atoms with Crippen LogP contribution in [0.3, 0.4) is 0 Å². The molecule has 166 valence electrons. The van der Waals surface area contributed by atoms with Crippen LogP contribution in [-0.2, 0) is 13.0 Å². The molecule has 0 fully saturated rings. The Morgan fingerprint density at radius 1 is 1.29 bits per heavy atom. The largest absolute Gasteiger partial charge is 0.496 e. The van der Waals surface area contributed by atoms with Gasteiger partial charge in [-0.2, -0.15) is 10.1 Å². The first-order valence-corrected chi connectivity index (χ1v) is 11.5. The van der Waals surface area contributed by atoms with Gasteiger partial charge in [0.25, 0.3) is 0 Å². The number of aryl methyl sites for hydroxylation is 1. The fourth-order valence-electron chi connectivity index (χ4n) is 3.91. The van der Waals surface area contributed by atoms with Gasteiger partial charge in [-0.25, -0.2) is 9.67 Å². The molecule has 8 nitrogen and oxygen atoms in total. The van der Waals surface area contributed by atoms with Crippen molar-refractivity contribution in [3.05, 3.63) is 28.7 Å². The zero-order valence-electron chi connectivity index (χ0n) is 19.1. The second-order valence-electron chi connectivity index (χ2n) is 9.39. The highest BCUT2D eigenvalue weighted by atomic mass is 32.2. The molecule has 1 unspecified atom stereocenters. The summed E-state index contributed by atoms with van der Waals surface area (Å²) in [6.07, 6.45) is 2.67. The van der Waals surface area contributed by atoms with Crippen LogP contribution in [0.4, 0.5) is 5.95 Å². The first kappa shape index (κ1) is 21.8. The van der Waals surface area contributed by atoms with Gasteiger partial charge in [0.2, 0.25) is 5.95 Å². The van der Waals surface area contributed by atoms with Gasteiger partial charge in [-0.3, -0.25) is 4.98 Å². The first-order valence-electron chi connectivity index (χ1n) is 10.5. The molecule has 3 aromatic rings. The molecule has 3 N–H and O–H groups in total. The summed E-state index contributed by atoms with van der Waals surface area (Å²) in [4.78, 5) is 13.7. The Hall–Kier alpha value is -2.39. The molecule has 1 aliphatic rings. The number of methoxy groups -OCH3 is 1. The third-order valence-electron chi connectivity index (χ3n) is 5.48. The van der Waals surface area contributed by atoms with Crippen molar-refractivity contribution in [1.82, 2.24) is 30.0 Å². The zero-order valence-corrected chi connectivity index (χ0v) is 19.9. The van der Waals surface area contributed by atoms with E-state index in [1.54, 1.807) is 18.9 Å². The molecule has 0 spiro atoms. The van der Waals surface area contributed by atoms with Crippen LogP contribution in [0.1, 0.15) is 43.3 Å². The van der Waals surface area contributed by atoms with E-state index in [1.807, 2.05) is 24.7 Å². The molecular weight excluding hydrogens is 410 g/mol. The monoisotopic (exact) mass is 441 g/mol. The summed E-state index contributed by atoms with van der Waals surface area (Å²) < 4.78 is 7.48. The Morgan fingerprint density at radius 2 is 2.06 bits per heavy atom. The molecule has 0 amide bonds. The van der Waals surface area contributed by atoms with Crippen molar-refractivity contribution >= 4 is 28.7 Å². The Morgan fingerprint density at radius 3 is 2.77 bits per heavy atom. The summed E-state index contributed by atoms with van der Waals surface area (Å²) in [7, 11) is 1.69. The summed E-state index contributed by atoms with van der Waals surface area (Å²) in [5.41, 5.74) is 11.0. The third kappa shape index (κ3) is 4.48. The quantitative estimate of drug-likeness (QED) is 0.582. The van der Waals surface area contributed by atoms with Crippen LogP contribution in [0.2, 0.25) is 0 Å². The lowest BCUT2D eigenvalue weighted by atomic mass is 9.96. The third-order valence-corrected chi connectivity index (χ3v) is 6.62. The molecule has 0 aromatic carbocycles. The molecule has 4 heterocycles. The first-order chi connectivity index (χ1) is 14.7. The van der Waals surface area contributed by atoms with Crippen LogP contribution in [0.15, 0.2) is 11.2 Å². The maximum Gasteiger partial charge on any atom is 0.223 e. The molecule has 0 saturated heterocycles. The van der Waals surface area contributed by atoms with Gasteiger partial charge in [-0.1, -0.05) is 20.8 Å². The van der Waals surface area contributed by atoms with Gasteiger partial charge in [-0.05, 0) is 19.3 Å². The number of rotatable bonds is 5. The molecule has 3 aromatic heterocycles. The summed E-state index contributed by atoms with van der Waals surface area (Å²) in [5.74, 6) is 2.06. The fraction of sp³-hybridized carbons (Fsp3) is 0.545. The predicted octanol–water partition coefficient (Wildman–Crippen LogP) is 3.13. The number of nitrogens with zero attached hydrogens (tertiary/aromatic N) is 5. The number of hydrogen-bond acceptors (Lipinski definition) is 8. The van der Waals surface area contributed by atoms with Crippen molar-refractivity contribution in [3.8, 4) is 5.75 Å². The van der Waals surface area contributed by atoms with Crippen LogP contribution in [0.25, 0.3) is 11.0 Å². The summed E-state index contributed by atoms with van der Waals surface area (Å²) in [6, 6.07) is 0.311. The van der Waals surface area contributed by atoms with Gasteiger partial charge in [0.1, 0.15) is 10.8 Å². The fourth-order valence-corrected chi connectivity index (χ4v) is 5.02. The van der Waals surface area contributed by atoms with Gasteiger partial charge in [0.05, 0.1) is 30.4 Å². The number of aromatic nitrogens is 5. The minimum absolute atomic E-state index is 0.219. The Balaban J connectivity index is 1.72. The highest BCUT2D eigenvalue weighted by Crippen LogP contribution is 2.34. The minimum atomic E-state index is 0.219. The lowest BCUT2D eigenvalue weighted by Crippen LogP contribution is -2.38. The zero-order chi connectivity index (χ0) is 22.3. The normalized spacial score (nSPS) is 16.5. The van der Waals surface area contributed by atoms with Gasteiger partial charge in [-0.15, -0.1) is 11.8 Å². The number of thioether (sulfide) groups is 1. The number of nitrogens with two attached hydrogens (primary N) is 1. The standard InChI is InChI=1S/C22H31N7OS/c1-12-8-24-16(13(2)18(12)30-6)9-29-19-17-15(28-29)7-14(25-11-22(3,4)5)10-31-20(17)27-21(23)26-19/h8,14,25H,7,9-11H2,1-6H3,(H2,23,26,27). The van der Waals surface area contributed by atoms with Crippen LogP contribution in [0.5, 0.6) is 5.75 Å². The highest BCUT2D eigenvalue weighted by molar-refractivity contribution is 7.99. The number of hydrogen-bond donors (Lipinski definition) is 2. The van der Waals surface area contributed by atoms with E-state index in [0.717, 1.165) is 63.0 Å². The van der Waals surface area contributed by atoms with E-state index in [4.69, 9.17) is 15.6 Å². The Bertz CT molecular complexity index is 1120. The average Bonchev–Trinajstić information content (AvgIpc) is 2.91. The van der Waals surface area contributed by atoms with Gasteiger partial charge < -0.3 is 15.8 Å². The predicted molar refractivity (Wildman–Crippen MR) is 125 cm³/mol. The van der Waals surface area contributed by atoms with E-state index < -0.39 is 0 Å². The Labute approximate surface area is 187 Å². The molecule has 31 heavy (non-hydrogen) atoms. The number of nitrogens with one attached hydrogen (secondary N) is 1. The van der Waals surface area contributed by atoms with E-state index in [1.165, 1.54) is 0 Å². The summed E-state index contributed by atoms with van der Waals surface area (Å²) >= 11 is 1.72. The number of ether oxygens (including phenoxy) is 1. The van der Waals surface area contributed by atoms with Crippen molar-refractivity contribution in [2.75, 3.05) is 25.1 Å². The topological polar surface area (TPSA) is 104 Å². The van der Waals surface area contributed by atoms with Gasteiger partial charge in [0, 0.05) is 42.1 Å². The van der Waals surface area contributed by atoms with Crippen molar-refractivity contribution in [3.63, 3.8) is 0 Å². The summed E-state index contributed by atoms with van der Waals surface area (Å²) in [6.45, 7) is 12.2. The average molecular weight is 442 g/mol. The van der Waals surface area contributed by atoms with Crippen molar-refractivity contribution < 1.29 is 4.74 Å². The van der Waals surface area contributed by atoms with Crippen LogP contribution in [0, 0.1) is 19.3 Å². The van der Waals surface area contributed by atoms with Crippen LogP contribution in [-0.4, -0.2) is 50.2 Å². The van der Waals surface area contributed by atoms with Gasteiger partial charge >= 0.3 is 0 Å². The van der Waals surface area contributed by atoms with Crippen LogP contribution < -0.4 is 15.8 Å². The van der Waals surface area contributed by atoms with Crippen LogP contribution >= 0.6 is 11.8 Å². The van der Waals surface area contributed by atoms with E-state index in [0.29, 0.717) is 12.6 Å². The Kier molecular flexibility index (Phi) is 5.83. The molecule has 0 radical (unpaired) electrons. The molecular formula is C22H31N7OS. The molecule has 1 atom stereocenters. The SMILES string of the molecule is COc1c(C)cnc(Cn2nc3c4c(nc(N)nc42)SCC(NCC(C)(C)C)C3)c1C. The lowest BCUT2D eigenvalue weighted by molar-refractivity contribution is 0.357. The van der Waals surface area contributed by atoms with Gasteiger partial charge in [0.15, 0.2) is 5.65 Å². The van der Waals surface area contributed by atoms with Crippen molar-refractivity contribution in [2.45, 2.75) is 58.7 Å². The molecule has 0 aliphatic carbocycles. The molecule has 9 heteroatoms. The number of pyridine rings is 1. The molecule has 4 rings (SSSR count). The maximum atomic E-state index is 6.06. The maximum absolute atomic E-state index is 6.06. The van der Waals surface area contributed by atoms with E-state index in [9.17, 15) is 0 Å². The van der Waals surface area contributed by atoms with E-state index in [2.05, 4.69) is 41.0 Å². The lowest BCUT2D eigenvalue weighted by Gasteiger charge is -2.23. The van der Waals surface area contributed by atoms with E-state index in [-0.39, 0.29) is 11.4 Å². The molecule has 0 bridgehead atoms.